The van der Waals surface area contributed by atoms with Crippen molar-refractivity contribution in [2.24, 2.45) is 0 Å². The van der Waals surface area contributed by atoms with Crippen LogP contribution in [-0.2, 0) is 21.9 Å². The van der Waals surface area contributed by atoms with Gasteiger partial charge < -0.3 is 0 Å². The van der Waals surface area contributed by atoms with Crippen LogP contribution in [0.5, 0.6) is 0 Å². The van der Waals surface area contributed by atoms with E-state index in [4.69, 9.17) is 4.79 Å². The standard InChI is InChI=1S/C9H14.CO.Fe/c1-3-4-5-9-6-8(2)7-9;1-2;/h6-7H,3-5H2,1-2H3;;. The first-order valence-corrected chi connectivity index (χ1v) is 3.92. The zero-order valence-corrected chi connectivity index (χ0v) is 8.64. The van der Waals surface area contributed by atoms with Gasteiger partial charge in [-0.1, -0.05) is 31.1 Å². The maximum atomic E-state index is 7.50. The van der Waals surface area contributed by atoms with Gasteiger partial charge in [0.15, 0.2) is 0 Å². The summed E-state index contributed by atoms with van der Waals surface area (Å²) in [5.74, 6) is 0. The fraction of sp³-hybridized carbons (Fsp3) is 0.500. The van der Waals surface area contributed by atoms with Gasteiger partial charge in [-0.05, 0) is 25.3 Å². The summed E-state index contributed by atoms with van der Waals surface area (Å²) in [4.78, 5) is 7.50. The monoisotopic (exact) mass is 206 g/mol. The van der Waals surface area contributed by atoms with E-state index in [1.807, 2.05) is 0 Å². The molecule has 0 fully saturated rings. The fourth-order valence-electron chi connectivity index (χ4n) is 1.10. The molecule has 1 aliphatic rings. The first kappa shape index (κ1) is 14.2. The summed E-state index contributed by atoms with van der Waals surface area (Å²) in [5, 5.41) is 0. The minimum absolute atomic E-state index is 0. The van der Waals surface area contributed by atoms with Crippen molar-refractivity contribution in [3.8, 4) is 0 Å². The zero-order valence-electron chi connectivity index (χ0n) is 7.54. The van der Waals surface area contributed by atoms with E-state index in [1.165, 1.54) is 30.4 Å². The summed E-state index contributed by atoms with van der Waals surface area (Å²) in [7, 11) is 0. The third-order valence-electron chi connectivity index (χ3n) is 1.65. The van der Waals surface area contributed by atoms with Gasteiger partial charge in [-0.25, -0.2) is 0 Å². The molecule has 0 bridgehead atoms. The quantitative estimate of drug-likeness (QED) is 0.648. The van der Waals surface area contributed by atoms with Crippen LogP contribution in [0.3, 0.4) is 0 Å². The van der Waals surface area contributed by atoms with Crippen molar-refractivity contribution in [3.63, 3.8) is 0 Å². The molecule has 0 N–H and O–H groups in total. The van der Waals surface area contributed by atoms with Crippen molar-refractivity contribution in [2.75, 3.05) is 0 Å². The molecule has 0 saturated heterocycles. The van der Waals surface area contributed by atoms with Crippen LogP contribution in [0.4, 0.5) is 0 Å². The van der Waals surface area contributed by atoms with Crippen molar-refractivity contribution in [3.05, 3.63) is 23.3 Å². The summed E-state index contributed by atoms with van der Waals surface area (Å²) in [6.07, 6.45) is 8.49. The summed E-state index contributed by atoms with van der Waals surface area (Å²) in [6, 6.07) is 0. The Hall–Kier alpha value is -0.331. The van der Waals surface area contributed by atoms with Gasteiger partial charge >= 0.3 is 0 Å². The molecule has 0 amide bonds. The third kappa shape index (κ3) is 5.34. The van der Waals surface area contributed by atoms with Gasteiger partial charge in [0.25, 0.3) is 6.79 Å². The van der Waals surface area contributed by atoms with Crippen LogP contribution in [0.25, 0.3) is 0 Å². The summed E-state index contributed by atoms with van der Waals surface area (Å²) < 4.78 is 0. The molecule has 68 valence electrons. The van der Waals surface area contributed by atoms with E-state index in [1.54, 1.807) is 0 Å². The molecule has 0 heterocycles. The summed E-state index contributed by atoms with van der Waals surface area (Å²) in [5.41, 5.74) is 2.97. The molecule has 0 aromatic heterocycles. The molecule has 1 aliphatic carbocycles. The van der Waals surface area contributed by atoms with Crippen LogP contribution >= 0.6 is 0 Å². The van der Waals surface area contributed by atoms with E-state index in [9.17, 15) is 0 Å². The Balaban J connectivity index is 0. The number of unbranched alkanes of at least 4 members (excludes halogenated alkanes) is 1. The molecule has 1 rings (SSSR count). The SMILES string of the molecule is CCCCC1=CC(C)=C1.[C]=O.[Fe]. The number of rotatable bonds is 3. The van der Waals surface area contributed by atoms with E-state index >= 15 is 0 Å². The molecule has 0 aliphatic heterocycles. The molecule has 0 unspecified atom stereocenters. The Morgan fingerprint density at radius 3 is 2.17 bits per heavy atom. The molecule has 0 atom stereocenters. The van der Waals surface area contributed by atoms with Crippen LogP contribution in [-0.4, -0.2) is 6.79 Å². The second-order valence-electron chi connectivity index (χ2n) is 2.71. The van der Waals surface area contributed by atoms with E-state index in [2.05, 4.69) is 32.8 Å². The van der Waals surface area contributed by atoms with Crippen molar-refractivity contribution in [1.82, 2.24) is 0 Å². The number of hydrogen-bond donors (Lipinski definition) is 0. The minimum Gasteiger partial charge on any atom is -0.281 e. The maximum absolute atomic E-state index is 7.50. The minimum atomic E-state index is 0. The number of carbonyl (C=O) groups excluding carboxylic acids is 1. The average molecular weight is 206 g/mol. The second kappa shape index (κ2) is 8.76. The number of allylic oxidation sites excluding steroid dienone is 4. The molecule has 1 nitrogen and oxygen atoms in total. The Kier molecular flexibility index (Phi) is 10.4. The molecular weight excluding hydrogens is 192 g/mol. The second-order valence-corrected chi connectivity index (χ2v) is 2.71. The van der Waals surface area contributed by atoms with Crippen LogP contribution in [0, 0.1) is 0 Å². The first-order valence-electron chi connectivity index (χ1n) is 3.92. The van der Waals surface area contributed by atoms with E-state index in [-0.39, 0.29) is 17.1 Å². The van der Waals surface area contributed by atoms with Gasteiger partial charge in [0.05, 0.1) is 0 Å². The third-order valence-corrected chi connectivity index (χ3v) is 1.65. The van der Waals surface area contributed by atoms with Gasteiger partial charge in [-0.2, -0.15) is 0 Å². The normalized spacial score (nSPS) is 12.5. The molecule has 0 aromatic carbocycles. The molecule has 12 heavy (non-hydrogen) atoms. The topological polar surface area (TPSA) is 17.1 Å². The molecule has 2 heteroatoms. The van der Waals surface area contributed by atoms with Crippen LogP contribution in [0.15, 0.2) is 23.3 Å². The first-order chi connectivity index (χ1) is 5.33. The van der Waals surface area contributed by atoms with Gasteiger partial charge in [0.1, 0.15) is 0 Å². The van der Waals surface area contributed by atoms with Crippen molar-refractivity contribution >= 4 is 6.79 Å². The summed E-state index contributed by atoms with van der Waals surface area (Å²) >= 11 is 0. The molecule has 0 aromatic rings. The Morgan fingerprint density at radius 2 is 1.83 bits per heavy atom. The largest absolute Gasteiger partial charge is 0.281 e. The van der Waals surface area contributed by atoms with E-state index in [0.29, 0.717) is 0 Å². The maximum Gasteiger partial charge on any atom is 0.281 e. The number of hydrogen-bond acceptors (Lipinski definition) is 1. The van der Waals surface area contributed by atoms with Gasteiger partial charge in [-0.15, -0.1) is 0 Å². The van der Waals surface area contributed by atoms with Crippen LogP contribution in [0.2, 0.25) is 0 Å². The predicted octanol–water partition coefficient (Wildman–Crippen LogP) is 2.66. The molecule has 0 saturated carbocycles. The van der Waals surface area contributed by atoms with E-state index in [0.717, 1.165) is 0 Å². The van der Waals surface area contributed by atoms with Gasteiger partial charge in [-0.3, -0.25) is 4.79 Å². The Morgan fingerprint density at radius 1 is 1.33 bits per heavy atom. The van der Waals surface area contributed by atoms with Gasteiger partial charge in [0.2, 0.25) is 0 Å². The molecular formula is C10H14FeO. The predicted molar refractivity (Wildman–Crippen MR) is 47.1 cm³/mol. The average Bonchev–Trinajstić information content (AvgIpc) is 2.00. The zero-order chi connectivity index (χ0) is 8.69. The Bertz CT molecular complexity index is 171. The van der Waals surface area contributed by atoms with Crippen LogP contribution < -0.4 is 0 Å². The van der Waals surface area contributed by atoms with Gasteiger partial charge in [0, 0.05) is 17.1 Å². The summed E-state index contributed by atoms with van der Waals surface area (Å²) in [6.45, 7) is 8.88. The fourth-order valence-corrected chi connectivity index (χ4v) is 1.10. The van der Waals surface area contributed by atoms with Crippen molar-refractivity contribution in [2.45, 2.75) is 33.1 Å². The van der Waals surface area contributed by atoms with Crippen LogP contribution in [0.1, 0.15) is 33.1 Å². The van der Waals surface area contributed by atoms with Crippen molar-refractivity contribution in [1.29, 1.82) is 0 Å². The van der Waals surface area contributed by atoms with Crippen molar-refractivity contribution < 1.29 is 21.9 Å². The molecule has 0 spiro atoms. The molecule has 2 radical (unpaired) electrons. The van der Waals surface area contributed by atoms with E-state index < -0.39 is 0 Å². The smallest absolute Gasteiger partial charge is 0.281 e. The Labute approximate surface area is 85.4 Å².